The zero-order valence-electron chi connectivity index (χ0n) is 22.9. The number of esters is 1. The van der Waals surface area contributed by atoms with Crippen LogP contribution in [0.15, 0.2) is 48.5 Å². The van der Waals surface area contributed by atoms with Gasteiger partial charge in [-0.15, -0.1) is 0 Å². The van der Waals surface area contributed by atoms with Gasteiger partial charge in [-0.3, -0.25) is 4.79 Å². The molecule has 0 radical (unpaired) electrons. The van der Waals surface area contributed by atoms with E-state index >= 15 is 0 Å². The SMILES string of the molecule is COC(=O)C(CCC(CNC(=O)OC(C)(C)C)SC(C)=O)NC(=O)OCC1c2ccccc2-c2ccccc21. The molecule has 2 aromatic rings. The van der Waals surface area contributed by atoms with Crippen molar-refractivity contribution in [3.05, 3.63) is 59.7 Å². The van der Waals surface area contributed by atoms with Gasteiger partial charge in [0.05, 0.1) is 7.11 Å². The van der Waals surface area contributed by atoms with Gasteiger partial charge in [0.25, 0.3) is 0 Å². The summed E-state index contributed by atoms with van der Waals surface area (Å²) in [5.74, 6) is -0.745. The Labute approximate surface area is 233 Å². The molecule has 0 saturated carbocycles. The zero-order valence-corrected chi connectivity index (χ0v) is 23.8. The predicted octanol–water partition coefficient (Wildman–Crippen LogP) is 5.02. The van der Waals surface area contributed by atoms with Crippen LogP contribution in [-0.2, 0) is 23.8 Å². The summed E-state index contributed by atoms with van der Waals surface area (Å²) in [7, 11) is 1.24. The maximum Gasteiger partial charge on any atom is 0.407 e. The van der Waals surface area contributed by atoms with Crippen molar-refractivity contribution in [2.45, 2.75) is 63.3 Å². The average Bonchev–Trinajstić information content (AvgIpc) is 3.20. The maximum absolute atomic E-state index is 12.8. The molecule has 2 amide bonds. The van der Waals surface area contributed by atoms with Gasteiger partial charge in [-0.2, -0.15) is 0 Å². The van der Waals surface area contributed by atoms with E-state index in [2.05, 4.69) is 22.8 Å². The van der Waals surface area contributed by atoms with Gasteiger partial charge < -0.3 is 24.8 Å². The summed E-state index contributed by atoms with van der Waals surface area (Å²) in [5, 5.41) is 4.78. The number of hydrogen-bond donors (Lipinski definition) is 2. The van der Waals surface area contributed by atoms with Crippen LogP contribution in [0.3, 0.4) is 0 Å². The Morgan fingerprint density at radius 3 is 2.05 bits per heavy atom. The lowest BCUT2D eigenvalue weighted by Gasteiger charge is -2.23. The van der Waals surface area contributed by atoms with Crippen molar-refractivity contribution in [3.8, 4) is 11.1 Å². The number of carbonyl (C=O) groups excluding carboxylic acids is 4. The minimum atomic E-state index is -0.984. The number of amides is 2. The monoisotopic (exact) mass is 556 g/mol. The summed E-state index contributed by atoms with van der Waals surface area (Å²) in [5.41, 5.74) is 3.73. The third kappa shape index (κ3) is 8.74. The molecule has 0 bridgehead atoms. The van der Waals surface area contributed by atoms with Crippen LogP contribution < -0.4 is 10.6 Å². The van der Waals surface area contributed by atoms with E-state index in [1.165, 1.54) is 14.0 Å². The molecule has 10 heteroatoms. The predicted molar refractivity (Wildman–Crippen MR) is 150 cm³/mol. The second-order valence-electron chi connectivity index (χ2n) is 10.2. The lowest BCUT2D eigenvalue weighted by Crippen LogP contribution is -2.43. The van der Waals surface area contributed by atoms with E-state index < -0.39 is 29.8 Å². The van der Waals surface area contributed by atoms with Crippen LogP contribution in [0.5, 0.6) is 0 Å². The summed E-state index contributed by atoms with van der Waals surface area (Å²) in [6.07, 6.45) is -0.825. The number of ether oxygens (including phenoxy) is 3. The molecule has 2 aromatic carbocycles. The van der Waals surface area contributed by atoms with Gasteiger partial charge in [0.1, 0.15) is 18.2 Å². The van der Waals surface area contributed by atoms with Crippen LogP contribution in [0.1, 0.15) is 57.6 Å². The van der Waals surface area contributed by atoms with Crippen molar-refractivity contribution < 1.29 is 33.4 Å². The number of thioether (sulfide) groups is 1. The summed E-state index contributed by atoms with van der Waals surface area (Å²) in [4.78, 5) is 49.0. The lowest BCUT2D eigenvalue weighted by molar-refractivity contribution is -0.143. The fraction of sp³-hybridized carbons (Fsp3) is 0.448. The van der Waals surface area contributed by atoms with Gasteiger partial charge >= 0.3 is 18.2 Å². The molecule has 1 aliphatic rings. The zero-order chi connectivity index (χ0) is 28.6. The average molecular weight is 557 g/mol. The highest BCUT2D eigenvalue weighted by atomic mass is 32.2. The number of rotatable bonds is 10. The van der Waals surface area contributed by atoms with Crippen LogP contribution in [-0.4, -0.2) is 60.4 Å². The van der Waals surface area contributed by atoms with E-state index in [4.69, 9.17) is 14.2 Å². The van der Waals surface area contributed by atoms with Crippen molar-refractivity contribution in [2.24, 2.45) is 0 Å². The molecule has 0 fully saturated rings. The summed E-state index contributed by atoms with van der Waals surface area (Å²) >= 11 is 1.05. The molecular formula is C29H36N2O7S. The van der Waals surface area contributed by atoms with Crippen LogP contribution in [0.25, 0.3) is 11.1 Å². The van der Waals surface area contributed by atoms with E-state index in [1.54, 1.807) is 20.8 Å². The number of nitrogens with one attached hydrogen (secondary N) is 2. The third-order valence-corrected chi connectivity index (χ3v) is 7.17. The molecule has 0 aromatic heterocycles. The number of fused-ring (bicyclic) bond motifs is 3. The largest absolute Gasteiger partial charge is 0.467 e. The second-order valence-corrected chi connectivity index (χ2v) is 11.7. The van der Waals surface area contributed by atoms with E-state index in [0.29, 0.717) is 6.42 Å². The fourth-order valence-electron chi connectivity index (χ4n) is 4.47. The smallest absolute Gasteiger partial charge is 0.407 e. The van der Waals surface area contributed by atoms with Gasteiger partial charge in [-0.25, -0.2) is 14.4 Å². The number of methoxy groups -OCH3 is 1. The summed E-state index contributed by atoms with van der Waals surface area (Å²) in [6, 6.07) is 15.0. The van der Waals surface area contributed by atoms with Crippen LogP contribution in [0.4, 0.5) is 9.59 Å². The molecule has 210 valence electrons. The van der Waals surface area contributed by atoms with Crippen LogP contribution in [0.2, 0.25) is 0 Å². The van der Waals surface area contributed by atoms with Gasteiger partial charge in [0.2, 0.25) is 0 Å². The van der Waals surface area contributed by atoms with Crippen molar-refractivity contribution >= 4 is 35.0 Å². The number of alkyl carbamates (subject to hydrolysis) is 2. The van der Waals surface area contributed by atoms with E-state index in [9.17, 15) is 19.2 Å². The first kappa shape index (κ1) is 30.0. The van der Waals surface area contributed by atoms with Crippen molar-refractivity contribution in [3.63, 3.8) is 0 Å². The molecule has 2 atom stereocenters. The molecule has 39 heavy (non-hydrogen) atoms. The number of hydrogen-bond acceptors (Lipinski definition) is 8. The fourth-order valence-corrected chi connectivity index (χ4v) is 5.36. The Morgan fingerprint density at radius 1 is 0.923 bits per heavy atom. The van der Waals surface area contributed by atoms with Crippen LogP contribution in [0, 0.1) is 0 Å². The van der Waals surface area contributed by atoms with Crippen LogP contribution >= 0.6 is 11.8 Å². The molecule has 2 unspecified atom stereocenters. The Bertz CT molecular complexity index is 1150. The first-order chi connectivity index (χ1) is 18.5. The topological polar surface area (TPSA) is 120 Å². The standard InChI is InChI=1S/C29H36N2O7S/c1-18(32)39-19(16-30-27(34)38-29(2,3)4)14-15-25(26(33)36-5)31-28(35)37-17-24-22-12-8-6-10-20(22)21-11-7-9-13-23(21)24/h6-13,19,24-25H,14-17H2,1-5H3,(H,30,34)(H,31,35). The number of carbonyl (C=O) groups is 4. The molecule has 1 aliphatic carbocycles. The molecule has 2 N–H and O–H groups in total. The molecule has 0 heterocycles. The summed E-state index contributed by atoms with van der Waals surface area (Å²) in [6.45, 7) is 6.95. The van der Waals surface area contributed by atoms with E-state index in [0.717, 1.165) is 34.0 Å². The quantitative estimate of drug-likeness (QED) is 0.309. The Morgan fingerprint density at radius 2 is 1.51 bits per heavy atom. The molecule has 0 saturated heterocycles. The highest BCUT2D eigenvalue weighted by Crippen LogP contribution is 2.44. The van der Waals surface area contributed by atoms with Gasteiger partial charge in [-0.1, -0.05) is 60.3 Å². The lowest BCUT2D eigenvalue weighted by atomic mass is 9.98. The van der Waals surface area contributed by atoms with E-state index in [-0.39, 0.29) is 35.9 Å². The number of benzene rings is 2. The minimum absolute atomic E-state index is 0.108. The Kier molecular flexibility index (Phi) is 10.4. The molecule has 0 spiro atoms. The van der Waals surface area contributed by atoms with Gasteiger partial charge in [-0.05, 0) is 55.9 Å². The molecule has 9 nitrogen and oxygen atoms in total. The third-order valence-electron chi connectivity index (χ3n) is 6.10. The first-order valence-electron chi connectivity index (χ1n) is 12.8. The van der Waals surface area contributed by atoms with Crippen molar-refractivity contribution in [1.82, 2.24) is 10.6 Å². The normalized spacial score (nSPS) is 13.9. The molecular weight excluding hydrogens is 520 g/mol. The summed E-state index contributed by atoms with van der Waals surface area (Å²) < 4.78 is 15.7. The van der Waals surface area contributed by atoms with E-state index in [1.807, 2.05) is 36.4 Å². The Balaban J connectivity index is 1.59. The van der Waals surface area contributed by atoms with Gasteiger partial charge in [0.15, 0.2) is 5.12 Å². The highest BCUT2D eigenvalue weighted by molar-refractivity contribution is 8.14. The highest BCUT2D eigenvalue weighted by Gasteiger charge is 2.30. The first-order valence-corrected chi connectivity index (χ1v) is 13.7. The maximum atomic E-state index is 12.8. The van der Waals surface area contributed by atoms with Gasteiger partial charge in [0, 0.05) is 24.6 Å². The molecule has 0 aliphatic heterocycles. The molecule has 3 rings (SSSR count). The van der Waals surface area contributed by atoms with Crippen molar-refractivity contribution in [1.29, 1.82) is 0 Å². The minimum Gasteiger partial charge on any atom is -0.467 e. The van der Waals surface area contributed by atoms with Crippen molar-refractivity contribution in [2.75, 3.05) is 20.3 Å². The Hall–Kier alpha value is -3.53. The second kappa shape index (κ2) is 13.5.